The Balaban J connectivity index is 2.27. The van der Waals surface area contributed by atoms with E-state index in [-0.39, 0.29) is 6.42 Å². The molecular formula is C15H22N2O6. The van der Waals surface area contributed by atoms with E-state index in [4.69, 9.17) is 0 Å². The van der Waals surface area contributed by atoms with Gasteiger partial charge in [0.2, 0.25) is 11.8 Å². The summed E-state index contributed by atoms with van der Waals surface area (Å²) in [5.74, 6) is -2.22. The predicted molar refractivity (Wildman–Crippen MR) is 78.1 cm³/mol. The Labute approximate surface area is 134 Å². The number of hydrogen-bond acceptors (Lipinski definition) is 7. The Kier molecular flexibility index (Phi) is 5.35. The molecule has 2 amide bonds. The van der Waals surface area contributed by atoms with Crippen molar-refractivity contribution < 1.29 is 28.7 Å². The van der Waals surface area contributed by atoms with Crippen molar-refractivity contribution in [2.75, 3.05) is 20.8 Å². The van der Waals surface area contributed by atoms with Crippen LogP contribution in [-0.4, -0.2) is 61.0 Å². The Hall–Kier alpha value is -1.96. The summed E-state index contributed by atoms with van der Waals surface area (Å²) in [5, 5.41) is 3.06. The SMILES string of the molecule is COC(=O)C[C@@H]1NC2(CCCCC2)C(=O)N(CC(=O)OC)C1=O. The number of piperazine rings is 1. The van der Waals surface area contributed by atoms with Crippen LogP contribution < -0.4 is 5.32 Å². The normalized spacial score (nSPS) is 23.7. The molecular weight excluding hydrogens is 304 g/mol. The average molecular weight is 326 g/mol. The molecule has 1 N–H and O–H groups in total. The van der Waals surface area contributed by atoms with Gasteiger partial charge < -0.3 is 9.47 Å². The first kappa shape index (κ1) is 17.4. The monoisotopic (exact) mass is 326 g/mol. The molecule has 2 rings (SSSR count). The number of carbonyl (C=O) groups is 4. The minimum atomic E-state index is -0.890. The highest BCUT2D eigenvalue weighted by Gasteiger charge is 2.51. The van der Waals surface area contributed by atoms with Crippen LogP contribution in [-0.2, 0) is 28.7 Å². The van der Waals surface area contributed by atoms with Gasteiger partial charge in [0.15, 0.2) is 0 Å². The highest BCUT2D eigenvalue weighted by atomic mass is 16.5. The summed E-state index contributed by atoms with van der Waals surface area (Å²) in [6, 6.07) is -0.872. The molecule has 1 saturated carbocycles. The van der Waals surface area contributed by atoms with Gasteiger partial charge in [0.05, 0.1) is 32.2 Å². The van der Waals surface area contributed by atoms with Crippen molar-refractivity contribution in [3.63, 3.8) is 0 Å². The van der Waals surface area contributed by atoms with Gasteiger partial charge in [-0.15, -0.1) is 0 Å². The van der Waals surface area contributed by atoms with E-state index in [1.807, 2.05) is 0 Å². The molecule has 1 aliphatic carbocycles. The lowest BCUT2D eigenvalue weighted by molar-refractivity contribution is -0.165. The van der Waals surface area contributed by atoms with Crippen LogP contribution in [0.4, 0.5) is 0 Å². The molecule has 23 heavy (non-hydrogen) atoms. The minimum Gasteiger partial charge on any atom is -0.469 e. The van der Waals surface area contributed by atoms with Gasteiger partial charge in [-0.3, -0.25) is 29.4 Å². The minimum absolute atomic E-state index is 0.179. The fourth-order valence-electron chi connectivity index (χ4n) is 3.25. The zero-order valence-electron chi connectivity index (χ0n) is 13.4. The van der Waals surface area contributed by atoms with Crippen molar-refractivity contribution in [3.05, 3.63) is 0 Å². The number of nitrogens with zero attached hydrogens (tertiary/aromatic N) is 1. The molecule has 0 aromatic rings. The maximum Gasteiger partial charge on any atom is 0.325 e. The number of nitrogens with one attached hydrogen (secondary N) is 1. The molecule has 2 fully saturated rings. The molecule has 1 aliphatic heterocycles. The van der Waals surface area contributed by atoms with Gasteiger partial charge in [0.25, 0.3) is 0 Å². The molecule has 1 saturated heterocycles. The second-order valence-electron chi connectivity index (χ2n) is 5.93. The third-order valence-electron chi connectivity index (χ3n) is 4.49. The fraction of sp³-hybridized carbons (Fsp3) is 0.733. The lowest BCUT2D eigenvalue weighted by Gasteiger charge is -2.46. The third kappa shape index (κ3) is 3.52. The second-order valence-corrected chi connectivity index (χ2v) is 5.93. The molecule has 0 unspecified atom stereocenters. The molecule has 128 valence electrons. The fourth-order valence-corrected chi connectivity index (χ4v) is 3.25. The molecule has 1 heterocycles. The smallest absolute Gasteiger partial charge is 0.325 e. The first-order valence-corrected chi connectivity index (χ1v) is 7.70. The van der Waals surface area contributed by atoms with Gasteiger partial charge in [0.1, 0.15) is 6.54 Å². The number of carbonyl (C=O) groups excluding carboxylic acids is 4. The summed E-state index contributed by atoms with van der Waals surface area (Å²) in [4.78, 5) is 49.3. The maximum atomic E-state index is 12.8. The average Bonchev–Trinajstić information content (AvgIpc) is 2.57. The summed E-state index contributed by atoms with van der Waals surface area (Å²) >= 11 is 0. The zero-order chi connectivity index (χ0) is 17.0. The number of methoxy groups -OCH3 is 2. The summed E-state index contributed by atoms with van der Waals surface area (Å²) in [6.07, 6.45) is 3.70. The highest BCUT2D eigenvalue weighted by molar-refractivity contribution is 6.07. The van der Waals surface area contributed by atoms with Crippen molar-refractivity contribution in [2.24, 2.45) is 0 Å². The summed E-state index contributed by atoms with van der Waals surface area (Å²) in [5.41, 5.74) is -0.890. The number of imide groups is 1. The van der Waals surface area contributed by atoms with Gasteiger partial charge in [-0.1, -0.05) is 19.3 Å². The van der Waals surface area contributed by atoms with E-state index in [2.05, 4.69) is 14.8 Å². The third-order valence-corrected chi connectivity index (χ3v) is 4.49. The predicted octanol–water partition coefficient (Wildman–Crippen LogP) is -0.248. The van der Waals surface area contributed by atoms with E-state index < -0.39 is 41.9 Å². The quantitative estimate of drug-likeness (QED) is 0.561. The Morgan fingerprint density at radius 3 is 2.30 bits per heavy atom. The van der Waals surface area contributed by atoms with Gasteiger partial charge in [-0.2, -0.15) is 0 Å². The molecule has 8 heteroatoms. The van der Waals surface area contributed by atoms with E-state index in [1.165, 1.54) is 14.2 Å². The number of esters is 2. The van der Waals surface area contributed by atoms with E-state index in [0.717, 1.165) is 24.2 Å². The van der Waals surface area contributed by atoms with Crippen molar-refractivity contribution >= 4 is 23.8 Å². The Morgan fingerprint density at radius 1 is 1.13 bits per heavy atom. The lowest BCUT2D eigenvalue weighted by Crippen LogP contribution is -2.71. The Bertz CT molecular complexity index is 512. The number of hydrogen-bond donors (Lipinski definition) is 1. The molecule has 0 aromatic heterocycles. The Morgan fingerprint density at radius 2 is 1.74 bits per heavy atom. The van der Waals surface area contributed by atoms with Crippen LogP contribution in [0.3, 0.4) is 0 Å². The number of rotatable bonds is 4. The van der Waals surface area contributed by atoms with Crippen LogP contribution in [0.5, 0.6) is 0 Å². The van der Waals surface area contributed by atoms with Crippen LogP contribution in [0.1, 0.15) is 38.5 Å². The van der Waals surface area contributed by atoms with E-state index in [9.17, 15) is 19.2 Å². The van der Waals surface area contributed by atoms with Crippen LogP contribution in [0.25, 0.3) is 0 Å². The van der Waals surface area contributed by atoms with Crippen molar-refractivity contribution in [3.8, 4) is 0 Å². The standard InChI is InChI=1S/C15H22N2O6/c1-22-11(18)8-10-13(20)17(9-12(19)23-2)14(21)15(16-10)6-4-3-5-7-15/h10,16H,3-9H2,1-2H3/t10-/m0/s1. The lowest BCUT2D eigenvalue weighted by atomic mass is 9.78. The molecule has 1 spiro atoms. The van der Waals surface area contributed by atoms with Crippen LogP contribution in [0.15, 0.2) is 0 Å². The van der Waals surface area contributed by atoms with Crippen LogP contribution in [0, 0.1) is 0 Å². The zero-order valence-corrected chi connectivity index (χ0v) is 13.4. The molecule has 0 bridgehead atoms. The number of ether oxygens (including phenoxy) is 2. The molecule has 0 aromatic carbocycles. The summed E-state index contributed by atoms with van der Waals surface area (Å²) < 4.78 is 9.18. The molecule has 8 nitrogen and oxygen atoms in total. The van der Waals surface area contributed by atoms with Gasteiger partial charge in [-0.25, -0.2) is 0 Å². The van der Waals surface area contributed by atoms with E-state index in [1.54, 1.807) is 0 Å². The van der Waals surface area contributed by atoms with Crippen LogP contribution in [0.2, 0.25) is 0 Å². The number of amides is 2. The summed E-state index contributed by atoms with van der Waals surface area (Å²) in [7, 11) is 2.44. The topological polar surface area (TPSA) is 102 Å². The van der Waals surface area contributed by atoms with Crippen molar-refractivity contribution in [1.82, 2.24) is 10.2 Å². The molecule has 2 aliphatic rings. The van der Waals surface area contributed by atoms with Crippen molar-refractivity contribution in [2.45, 2.75) is 50.1 Å². The first-order valence-electron chi connectivity index (χ1n) is 7.70. The largest absolute Gasteiger partial charge is 0.469 e. The summed E-state index contributed by atoms with van der Waals surface area (Å²) in [6.45, 7) is -0.435. The van der Waals surface area contributed by atoms with Gasteiger partial charge >= 0.3 is 11.9 Å². The van der Waals surface area contributed by atoms with Crippen LogP contribution >= 0.6 is 0 Å². The second kappa shape index (κ2) is 7.08. The first-order chi connectivity index (χ1) is 10.9. The molecule has 1 atom stereocenters. The van der Waals surface area contributed by atoms with E-state index in [0.29, 0.717) is 12.8 Å². The molecule has 0 radical (unpaired) electrons. The van der Waals surface area contributed by atoms with E-state index >= 15 is 0 Å². The highest BCUT2D eigenvalue weighted by Crippen LogP contribution is 2.33. The van der Waals surface area contributed by atoms with Gasteiger partial charge in [0, 0.05) is 0 Å². The van der Waals surface area contributed by atoms with Crippen molar-refractivity contribution in [1.29, 1.82) is 0 Å². The maximum absolute atomic E-state index is 12.8. The van der Waals surface area contributed by atoms with Gasteiger partial charge in [-0.05, 0) is 12.8 Å².